The second-order valence-electron chi connectivity index (χ2n) is 4.18. The molecule has 1 aliphatic rings. The summed E-state index contributed by atoms with van der Waals surface area (Å²) in [5.41, 5.74) is 7.36. The minimum Gasteiger partial charge on any atom is -0.399 e. The van der Waals surface area contributed by atoms with E-state index in [1.165, 1.54) is 9.80 Å². The van der Waals surface area contributed by atoms with Crippen LogP contribution in [0.3, 0.4) is 0 Å². The average Bonchev–Trinajstić information content (AvgIpc) is 2.54. The number of likely N-dealkylation sites (N-methyl/N-ethyl adjacent to an activating group) is 1. The van der Waals surface area contributed by atoms with Gasteiger partial charge in [-0.2, -0.15) is 0 Å². The molecule has 0 unspecified atom stereocenters. The number of nitrogens with two attached hydrogens (primary N) is 1. The molecule has 1 heterocycles. The fourth-order valence-corrected chi connectivity index (χ4v) is 1.81. The first kappa shape index (κ1) is 11.4. The standard InChI is InChI=1S/C12H15N3O2/c1-14-8-11(16)15(12(14)17)7-6-9-2-4-10(13)5-3-9/h2-5H,6-8,13H2,1H3. The lowest BCUT2D eigenvalue weighted by molar-refractivity contribution is -0.125. The van der Waals surface area contributed by atoms with Crippen LogP contribution in [0.5, 0.6) is 0 Å². The summed E-state index contributed by atoms with van der Waals surface area (Å²) in [4.78, 5) is 25.8. The highest BCUT2D eigenvalue weighted by Crippen LogP contribution is 2.11. The third-order valence-corrected chi connectivity index (χ3v) is 2.83. The van der Waals surface area contributed by atoms with Crippen LogP contribution in [0.4, 0.5) is 10.5 Å². The van der Waals surface area contributed by atoms with Crippen molar-refractivity contribution in [3.05, 3.63) is 29.8 Å². The van der Waals surface area contributed by atoms with Crippen molar-refractivity contribution in [3.63, 3.8) is 0 Å². The molecular weight excluding hydrogens is 218 g/mol. The molecule has 2 rings (SSSR count). The lowest BCUT2D eigenvalue weighted by Gasteiger charge is -2.13. The Labute approximate surface area is 99.8 Å². The van der Waals surface area contributed by atoms with E-state index in [1.54, 1.807) is 7.05 Å². The van der Waals surface area contributed by atoms with Crippen LogP contribution in [0.2, 0.25) is 0 Å². The fraction of sp³-hybridized carbons (Fsp3) is 0.333. The van der Waals surface area contributed by atoms with E-state index < -0.39 is 0 Å². The highest BCUT2D eigenvalue weighted by molar-refractivity contribution is 6.01. The zero-order valence-electron chi connectivity index (χ0n) is 9.72. The third kappa shape index (κ3) is 2.38. The molecule has 3 amide bonds. The van der Waals surface area contributed by atoms with Crippen molar-refractivity contribution in [2.24, 2.45) is 0 Å². The highest BCUT2D eigenvalue weighted by Gasteiger charge is 2.32. The van der Waals surface area contributed by atoms with Crippen molar-refractivity contribution in [1.82, 2.24) is 9.80 Å². The Hall–Kier alpha value is -2.04. The van der Waals surface area contributed by atoms with E-state index in [2.05, 4.69) is 0 Å². The number of hydrogen-bond acceptors (Lipinski definition) is 3. The van der Waals surface area contributed by atoms with E-state index in [1.807, 2.05) is 24.3 Å². The first-order valence-electron chi connectivity index (χ1n) is 5.48. The summed E-state index contributed by atoms with van der Waals surface area (Å²) in [6.45, 7) is 0.604. The fourth-order valence-electron chi connectivity index (χ4n) is 1.81. The van der Waals surface area contributed by atoms with Crippen molar-refractivity contribution in [2.75, 3.05) is 25.9 Å². The van der Waals surface area contributed by atoms with Crippen molar-refractivity contribution in [3.8, 4) is 0 Å². The van der Waals surface area contributed by atoms with Crippen molar-refractivity contribution in [1.29, 1.82) is 0 Å². The van der Waals surface area contributed by atoms with Gasteiger partial charge >= 0.3 is 6.03 Å². The molecule has 1 fully saturated rings. The van der Waals surface area contributed by atoms with Crippen LogP contribution in [-0.2, 0) is 11.2 Å². The molecular formula is C12H15N3O2. The smallest absolute Gasteiger partial charge is 0.326 e. The molecule has 0 radical (unpaired) electrons. The van der Waals surface area contributed by atoms with Crippen LogP contribution in [-0.4, -0.2) is 41.9 Å². The number of rotatable bonds is 3. The zero-order chi connectivity index (χ0) is 12.4. The normalized spacial score (nSPS) is 15.8. The summed E-state index contributed by atoms with van der Waals surface area (Å²) in [6.07, 6.45) is 0.658. The Morgan fingerprint density at radius 2 is 1.88 bits per heavy atom. The van der Waals surface area contributed by atoms with Crippen LogP contribution in [0.15, 0.2) is 24.3 Å². The van der Waals surface area contributed by atoms with Gasteiger partial charge in [-0.15, -0.1) is 0 Å². The van der Waals surface area contributed by atoms with Gasteiger partial charge in [0.25, 0.3) is 0 Å². The molecule has 0 atom stereocenters. The molecule has 0 bridgehead atoms. The van der Waals surface area contributed by atoms with E-state index in [0.717, 1.165) is 5.56 Å². The maximum absolute atomic E-state index is 11.6. The molecule has 1 saturated heterocycles. The number of urea groups is 1. The average molecular weight is 233 g/mol. The first-order valence-corrected chi connectivity index (χ1v) is 5.48. The van der Waals surface area contributed by atoms with Gasteiger partial charge in [0.15, 0.2) is 0 Å². The predicted molar refractivity (Wildman–Crippen MR) is 64.3 cm³/mol. The molecule has 0 aromatic heterocycles. The van der Waals surface area contributed by atoms with Gasteiger partial charge in [-0.1, -0.05) is 12.1 Å². The number of hydrogen-bond donors (Lipinski definition) is 1. The van der Waals surface area contributed by atoms with Gasteiger partial charge in [0, 0.05) is 19.3 Å². The van der Waals surface area contributed by atoms with Gasteiger partial charge in [-0.3, -0.25) is 9.69 Å². The monoisotopic (exact) mass is 233 g/mol. The van der Waals surface area contributed by atoms with Gasteiger partial charge in [0.1, 0.15) is 6.54 Å². The molecule has 2 N–H and O–H groups in total. The zero-order valence-corrected chi connectivity index (χ0v) is 9.72. The summed E-state index contributed by atoms with van der Waals surface area (Å²) in [7, 11) is 1.63. The van der Waals surface area contributed by atoms with Gasteiger partial charge in [-0.05, 0) is 24.1 Å². The number of carbonyl (C=O) groups is 2. The Bertz CT molecular complexity index is 442. The largest absolute Gasteiger partial charge is 0.399 e. The van der Waals surface area contributed by atoms with Crippen LogP contribution >= 0.6 is 0 Å². The topological polar surface area (TPSA) is 66.6 Å². The lowest BCUT2D eigenvalue weighted by atomic mass is 10.1. The quantitative estimate of drug-likeness (QED) is 0.617. The third-order valence-electron chi connectivity index (χ3n) is 2.83. The molecule has 5 nitrogen and oxygen atoms in total. The Morgan fingerprint density at radius 1 is 1.24 bits per heavy atom. The molecule has 17 heavy (non-hydrogen) atoms. The number of nitrogen functional groups attached to an aromatic ring is 1. The number of imide groups is 1. The van der Waals surface area contributed by atoms with E-state index >= 15 is 0 Å². The number of nitrogens with zero attached hydrogens (tertiary/aromatic N) is 2. The van der Waals surface area contributed by atoms with Gasteiger partial charge in [-0.25, -0.2) is 4.79 Å². The van der Waals surface area contributed by atoms with Crippen molar-refractivity contribution < 1.29 is 9.59 Å². The molecule has 1 aromatic rings. The SMILES string of the molecule is CN1CC(=O)N(CCc2ccc(N)cc2)C1=O. The van der Waals surface area contributed by atoms with Crippen LogP contribution < -0.4 is 5.73 Å². The molecule has 0 spiro atoms. The number of amides is 3. The minimum absolute atomic E-state index is 0.132. The van der Waals surface area contributed by atoms with Gasteiger partial charge in [0.05, 0.1) is 0 Å². The highest BCUT2D eigenvalue weighted by atomic mass is 16.2. The molecule has 90 valence electrons. The number of carbonyl (C=O) groups excluding carboxylic acids is 2. The molecule has 0 saturated carbocycles. The van der Waals surface area contributed by atoms with Crippen LogP contribution in [0.25, 0.3) is 0 Å². The summed E-state index contributed by atoms with van der Waals surface area (Å²) in [5, 5.41) is 0. The second-order valence-corrected chi connectivity index (χ2v) is 4.18. The van der Waals surface area contributed by atoms with Gasteiger partial charge < -0.3 is 10.6 Å². The molecule has 5 heteroatoms. The van der Waals surface area contributed by atoms with E-state index in [0.29, 0.717) is 18.7 Å². The van der Waals surface area contributed by atoms with Crippen LogP contribution in [0.1, 0.15) is 5.56 Å². The summed E-state index contributed by atoms with van der Waals surface area (Å²) < 4.78 is 0. The lowest BCUT2D eigenvalue weighted by Crippen LogP contribution is -2.33. The van der Waals surface area contributed by atoms with E-state index in [4.69, 9.17) is 5.73 Å². The van der Waals surface area contributed by atoms with Crippen molar-refractivity contribution >= 4 is 17.6 Å². The van der Waals surface area contributed by atoms with Crippen LogP contribution in [0, 0.1) is 0 Å². The molecule has 0 aliphatic carbocycles. The summed E-state index contributed by atoms with van der Waals surface area (Å²) >= 11 is 0. The molecule has 1 aromatic carbocycles. The van der Waals surface area contributed by atoms with Gasteiger partial charge in [0.2, 0.25) is 5.91 Å². The maximum atomic E-state index is 11.6. The molecule has 1 aliphatic heterocycles. The number of anilines is 1. The van der Waals surface area contributed by atoms with Crippen molar-refractivity contribution in [2.45, 2.75) is 6.42 Å². The Kier molecular flexibility index (Phi) is 2.99. The summed E-state index contributed by atoms with van der Waals surface area (Å²) in [5.74, 6) is -0.132. The predicted octanol–water partition coefficient (Wildman–Crippen LogP) is 0.705. The Balaban J connectivity index is 1.96. The second kappa shape index (κ2) is 4.45. The number of benzene rings is 1. The van der Waals surface area contributed by atoms with E-state index in [9.17, 15) is 9.59 Å². The maximum Gasteiger partial charge on any atom is 0.326 e. The first-order chi connectivity index (χ1) is 8.08. The summed E-state index contributed by atoms with van der Waals surface area (Å²) in [6, 6.07) is 7.23. The van der Waals surface area contributed by atoms with E-state index in [-0.39, 0.29) is 18.5 Å². The minimum atomic E-state index is -0.217. The Morgan fingerprint density at radius 3 is 2.41 bits per heavy atom.